The van der Waals surface area contributed by atoms with Crippen molar-refractivity contribution < 1.29 is 4.79 Å². The van der Waals surface area contributed by atoms with E-state index in [0.29, 0.717) is 12.5 Å². The Kier molecular flexibility index (Phi) is 4.59. The average Bonchev–Trinajstić information content (AvgIpc) is 2.90. The molecule has 2 rings (SSSR count). The molecule has 0 bridgehead atoms. The fourth-order valence-electron chi connectivity index (χ4n) is 2.72. The first-order chi connectivity index (χ1) is 9.08. The predicted octanol–water partition coefficient (Wildman–Crippen LogP) is 2.06. The van der Waals surface area contributed by atoms with Gasteiger partial charge in [-0.25, -0.2) is 0 Å². The summed E-state index contributed by atoms with van der Waals surface area (Å²) in [5, 5.41) is 3.30. The van der Waals surface area contributed by atoms with Crippen LogP contribution in [-0.2, 0) is 11.2 Å². The van der Waals surface area contributed by atoms with Gasteiger partial charge in [-0.1, -0.05) is 23.8 Å². The van der Waals surface area contributed by atoms with Gasteiger partial charge in [0.25, 0.3) is 0 Å². The Morgan fingerprint density at radius 1 is 1.42 bits per heavy atom. The first-order valence-electron chi connectivity index (χ1n) is 7.10. The minimum Gasteiger partial charge on any atom is -0.341 e. The third-order valence-corrected chi connectivity index (χ3v) is 4.08. The summed E-state index contributed by atoms with van der Waals surface area (Å²) in [6.07, 6.45) is 2.53. The molecular formula is C16H24N2O. The zero-order valence-electron chi connectivity index (χ0n) is 12.2. The molecule has 0 aliphatic carbocycles. The predicted molar refractivity (Wildman–Crippen MR) is 78.3 cm³/mol. The SMILES string of the molecule is Cc1ccc(CCC(=O)N(C)[C@@H]2CCNC2)c(C)c1. The lowest BCUT2D eigenvalue weighted by atomic mass is 10.0. The van der Waals surface area contributed by atoms with E-state index in [0.717, 1.165) is 25.9 Å². The maximum absolute atomic E-state index is 12.2. The van der Waals surface area contributed by atoms with Crippen molar-refractivity contribution in [1.29, 1.82) is 0 Å². The van der Waals surface area contributed by atoms with Crippen molar-refractivity contribution in [3.05, 3.63) is 34.9 Å². The quantitative estimate of drug-likeness (QED) is 0.898. The molecule has 104 valence electrons. The molecule has 1 amide bonds. The number of likely N-dealkylation sites (N-methyl/N-ethyl adjacent to an activating group) is 1. The van der Waals surface area contributed by atoms with Crippen LogP contribution in [0.1, 0.15) is 29.5 Å². The van der Waals surface area contributed by atoms with Gasteiger partial charge in [0.1, 0.15) is 0 Å². The van der Waals surface area contributed by atoms with E-state index in [2.05, 4.69) is 37.4 Å². The van der Waals surface area contributed by atoms with Crippen molar-refractivity contribution in [2.24, 2.45) is 0 Å². The minimum atomic E-state index is 0.258. The van der Waals surface area contributed by atoms with E-state index in [-0.39, 0.29) is 5.91 Å². The molecule has 0 unspecified atom stereocenters. The molecule has 3 heteroatoms. The molecule has 1 heterocycles. The van der Waals surface area contributed by atoms with Crippen LogP contribution in [0.25, 0.3) is 0 Å². The third-order valence-electron chi connectivity index (χ3n) is 4.08. The summed E-state index contributed by atoms with van der Waals surface area (Å²) in [5.41, 5.74) is 3.86. The highest BCUT2D eigenvalue weighted by molar-refractivity contribution is 5.76. The molecular weight excluding hydrogens is 236 g/mol. The smallest absolute Gasteiger partial charge is 0.222 e. The van der Waals surface area contributed by atoms with Gasteiger partial charge in [-0.15, -0.1) is 0 Å². The average molecular weight is 260 g/mol. The van der Waals surface area contributed by atoms with Crippen molar-refractivity contribution in [2.45, 2.75) is 39.2 Å². The molecule has 1 atom stereocenters. The Balaban J connectivity index is 1.89. The largest absolute Gasteiger partial charge is 0.341 e. The van der Waals surface area contributed by atoms with Gasteiger partial charge in [-0.2, -0.15) is 0 Å². The zero-order valence-corrected chi connectivity index (χ0v) is 12.2. The summed E-state index contributed by atoms with van der Waals surface area (Å²) in [4.78, 5) is 14.1. The van der Waals surface area contributed by atoms with Crippen molar-refractivity contribution in [3.63, 3.8) is 0 Å². The van der Waals surface area contributed by atoms with Crippen LogP contribution in [0.15, 0.2) is 18.2 Å². The van der Waals surface area contributed by atoms with Gasteiger partial charge in [0.05, 0.1) is 0 Å². The number of carbonyl (C=O) groups is 1. The second kappa shape index (κ2) is 6.20. The van der Waals surface area contributed by atoms with Crippen LogP contribution in [0.4, 0.5) is 0 Å². The van der Waals surface area contributed by atoms with Crippen molar-refractivity contribution in [2.75, 3.05) is 20.1 Å². The molecule has 3 nitrogen and oxygen atoms in total. The lowest BCUT2D eigenvalue weighted by molar-refractivity contribution is -0.131. The minimum absolute atomic E-state index is 0.258. The van der Waals surface area contributed by atoms with E-state index in [1.807, 2.05) is 11.9 Å². The standard InChI is InChI=1S/C16H24N2O/c1-12-4-5-14(13(2)10-12)6-7-16(19)18(3)15-8-9-17-11-15/h4-5,10,15,17H,6-9,11H2,1-3H3/t15-/m1/s1. The van der Waals surface area contributed by atoms with Crippen LogP contribution in [0, 0.1) is 13.8 Å². The number of amides is 1. The Bertz CT molecular complexity index is 450. The summed E-state index contributed by atoms with van der Waals surface area (Å²) < 4.78 is 0. The summed E-state index contributed by atoms with van der Waals surface area (Å²) in [6.45, 7) is 6.19. The van der Waals surface area contributed by atoms with Gasteiger partial charge >= 0.3 is 0 Å². The van der Waals surface area contributed by atoms with E-state index in [4.69, 9.17) is 0 Å². The number of aryl methyl sites for hydroxylation is 3. The van der Waals surface area contributed by atoms with Crippen LogP contribution >= 0.6 is 0 Å². The van der Waals surface area contributed by atoms with E-state index in [1.165, 1.54) is 16.7 Å². The molecule has 0 radical (unpaired) electrons. The molecule has 1 aromatic carbocycles. The maximum Gasteiger partial charge on any atom is 0.222 e. The van der Waals surface area contributed by atoms with Crippen LogP contribution < -0.4 is 5.32 Å². The van der Waals surface area contributed by atoms with Gasteiger partial charge in [-0.3, -0.25) is 4.79 Å². The Morgan fingerprint density at radius 3 is 2.84 bits per heavy atom. The van der Waals surface area contributed by atoms with Gasteiger partial charge in [-0.05, 0) is 44.4 Å². The molecule has 1 N–H and O–H groups in total. The molecule has 1 fully saturated rings. The van der Waals surface area contributed by atoms with Crippen LogP contribution in [0.2, 0.25) is 0 Å². The summed E-state index contributed by atoms with van der Waals surface area (Å²) in [5.74, 6) is 0.258. The van der Waals surface area contributed by atoms with Gasteiger partial charge in [0.2, 0.25) is 5.91 Å². The number of nitrogens with zero attached hydrogens (tertiary/aromatic N) is 1. The number of hydrogen-bond donors (Lipinski definition) is 1. The van der Waals surface area contributed by atoms with Gasteiger partial charge in [0.15, 0.2) is 0 Å². The second-order valence-corrected chi connectivity index (χ2v) is 5.58. The summed E-state index contributed by atoms with van der Waals surface area (Å²) >= 11 is 0. The van der Waals surface area contributed by atoms with Crippen LogP contribution in [0.5, 0.6) is 0 Å². The molecule has 1 saturated heterocycles. The highest BCUT2D eigenvalue weighted by atomic mass is 16.2. The maximum atomic E-state index is 12.2. The number of nitrogens with one attached hydrogen (secondary N) is 1. The van der Waals surface area contributed by atoms with Crippen LogP contribution in [0.3, 0.4) is 0 Å². The fraction of sp³-hybridized carbons (Fsp3) is 0.562. The molecule has 1 aromatic rings. The Hall–Kier alpha value is -1.35. The number of hydrogen-bond acceptors (Lipinski definition) is 2. The van der Waals surface area contributed by atoms with Gasteiger partial charge < -0.3 is 10.2 Å². The number of rotatable bonds is 4. The molecule has 0 spiro atoms. The fourth-order valence-corrected chi connectivity index (χ4v) is 2.72. The van der Waals surface area contributed by atoms with Crippen molar-refractivity contribution in [3.8, 4) is 0 Å². The monoisotopic (exact) mass is 260 g/mol. The highest BCUT2D eigenvalue weighted by Gasteiger charge is 2.22. The second-order valence-electron chi connectivity index (χ2n) is 5.58. The normalized spacial score (nSPS) is 18.6. The Labute approximate surface area is 116 Å². The highest BCUT2D eigenvalue weighted by Crippen LogP contribution is 2.14. The summed E-state index contributed by atoms with van der Waals surface area (Å²) in [6, 6.07) is 6.84. The first-order valence-corrected chi connectivity index (χ1v) is 7.10. The topological polar surface area (TPSA) is 32.3 Å². The van der Waals surface area contributed by atoms with Crippen molar-refractivity contribution in [1.82, 2.24) is 10.2 Å². The number of benzene rings is 1. The van der Waals surface area contributed by atoms with E-state index in [1.54, 1.807) is 0 Å². The van der Waals surface area contributed by atoms with E-state index < -0.39 is 0 Å². The lowest BCUT2D eigenvalue weighted by Gasteiger charge is -2.24. The zero-order chi connectivity index (χ0) is 13.8. The number of carbonyl (C=O) groups excluding carboxylic acids is 1. The molecule has 0 saturated carbocycles. The molecule has 19 heavy (non-hydrogen) atoms. The molecule has 1 aliphatic heterocycles. The molecule has 1 aliphatic rings. The molecule has 0 aromatic heterocycles. The lowest BCUT2D eigenvalue weighted by Crippen LogP contribution is -2.38. The van der Waals surface area contributed by atoms with Crippen molar-refractivity contribution >= 4 is 5.91 Å². The third kappa shape index (κ3) is 3.57. The Morgan fingerprint density at radius 2 is 2.21 bits per heavy atom. The van der Waals surface area contributed by atoms with E-state index >= 15 is 0 Å². The first kappa shape index (κ1) is 14.1. The van der Waals surface area contributed by atoms with Crippen LogP contribution in [-0.4, -0.2) is 37.0 Å². The summed E-state index contributed by atoms with van der Waals surface area (Å²) in [7, 11) is 1.93. The van der Waals surface area contributed by atoms with Gasteiger partial charge in [0, 0.05) is 26.1 Å². The van der Waals surface area contributed by atoms with E-state index in [9.17, 15) is 4.79 Å².